The Hall–Kier alpha value is -0.170. The van der Waals surface area contributed by atoms with E-state index >= 15 is 0 Å². The second kappa shape index (κ2) is 9.54. The quantitative estimate of drug-likeness (QED) is 0.671. The lowest BCUT2D eigenvalue weighted by atomic mass is 9.60. The van der Waals surface area contributed by atoms with E-state index in [2.05, 4.69) is 13.8 Å². The molecule has 3 unspecified atom stereocenters. The molecule has 0 amide bonds. The third kappa shape index (κ3) is 4.70. The minimum Gasteiger partial charge on any atom is -0.393 e. The molecule has 0 aromatic rings. The predicted octanol–water partition coefficient (Wildman–Crippen LogP) is 3.71. The summed E-state index contributed by atoms with van der Waals surface area (Å²) in [5, 5.41) is 21.5. The minimum absolute atomic E-state index is 0.0143. The summed E-state index contributed by atoms with van der Waals surface area (Å²) >= 11 is 0. The van der Waals surface area contributed by atoms with Crippen molar-refractivity contribution in [1.82, 2.24) is 0 Å². The Morgan fingerprint density at radius 3 is 2.31 bits per heavy atom. The van der Waals surface area contributed by atoms with Crippen molar-refractivity contribution in [3.05, 3.63) is 0 Å². The molecule has 3 aliphatic rings. The maximum atomic E-state index is 13.6. The van der Waals surface area contributed by atoms with E-state index in [9.17, 15) is 18.6 Å². The molecule has 2 aliphatic carbocycles. The lowest BCUT2D eigenvalue weighted by Gasteiger charge is -2.47. The summed E-state index contributed by atoms with van der Waals surface area (Å²) in [6, 6.07) is 0. The van der Waals surface area contributed by atoms with Crippen LogP contribution in [0.4, 0.5) is 0 Å². The topological polar surface area (TPSA) is 83.8 Å². The van der Waals surface area contributed by atoms with E-state index in [1.165, 1.54) is 0 Å². The lowest BCUT2D eigenvalue weighted by Crippen LogP contribution is -2.49. The summed E-state index contributed by atoms with van der Waals surface area (Å²) in [4.78, 5) is 0. The van der Waals surface area contributed by atoms with Crippen LogP contribution >= 0.6 is 0 Å². The molecule has 5 nitrogen and oxygen atoms in total. The fourth-order valence-electron chi connectivity index (χ4n) is 6.77. The van der Waals surface area contributed by atoms with Crippen LogP contribution in [0.3, 0.4) is 0 Å². The van der Waals surface area contributed by atoms with Crippen molar-refractivity contribution in [2.75, 3.05) is 12.9 Å². The fraction of sp³-hybridized carbons (Fsp3) is 1.00. The Balaban J connectivity index is 2.03. The normalized spacial score (nSPS) is 45.3. The molecule has 3 fully saturated rings. The van der Waals surface area contributed by atoms with Gasteiger partial charge in [-0.1, -0.05) is 26.7 Å². The average Bonchev–Trinajstić information content (AvgIpc) is 2.78. The number of aliphatic hydroxyl groups is 2. The molecule has 2 saturated carbocycles. The van der Waals surface area contributed by atoms with Gasteiger partial charge in [-0.25, -0.2) is 8.42 Å². The monoisotopic (exact) mass is 430 g/mol. The highest BCUT2D eigenvalue weighted by molar-refractivity contribution is 7.92. The molecule has 170 valence electrons. The van der Waals surface area contributed by atoms with Crippen LogP contribution in [-0.4, -0.2) is 55.1 Å². The maximum absolute atomic E-state index is 13.6. The van der Waals surface area contributed by atoms with Crippen LogP contribution < -0.4 is 0 Å². The molecule has 6 heteroatoms. The Bertz CT molecular complexity index is 627. The van der Waals surface area contributed by atoms with Crippen molar-refractivity contribution >= 4 is 9.84 Å². The molecule has 1 heterocycles. The number of unbranched alkanes of at least 4 members (excludes halogenated alkanes) is 1. The van der Waals surface area contributed by atoms with Crippen LogP contribution in [0.15, 0.2) is 0 Å². The Morgan fingerprint density at radius 1 is 1.03 bits per heavy atom. The first-order chi connectivity index (χ1) is 13.8. The number of methoxy groups -OCH3 is 1. The van der Waals surface area contributed by atoms with Crippen molar-refractivity contribution in [3.8, 4) is 0 Å². The largest absolute Gasteiger partial charge is 0.393 e. The standard InChI is InChI=1S/C23H42O5S/c1-4-6-13-23(5-2)15-29(26,27)20-12-11-18(28-3)14-19(20)21(22(23)25)16-7-9-17(24)10-8-16/h16-22,24-25H,4-15H2,1-3H3/t16?,17?,18?,19?,20?,21-,22-,23-/m1/s1. The third-order valence-electron chi connectivity index (χ3n) is 8.57. The van der Waals surface area contributed by atoms with Gasteiger partial charge in [0, 0.05) is 12.5 Å². The molecule has 1 aliphatic heterocycles. The van der Waals surface area contributed by atoms with Gasteiger partial charge in [-0.05, 0) is 75.5 Å². The van der Waals surface area contributed by atoms with Gasteiger partial charge in [0.2, 0.25) is 0 Å². The first kappa shape index (κ1) is 23.5. The van der Waals surface area contributed by atoms with E-state index in [0.29, 0.717) is 12.8 Å². The molecule has 0 aromatic carbocycles. The Kier molecular flexibility index (Phi) is 7.73. The third-order valence-corrected chi connectivity index (χ3v) is 11.1. The Labute approximate surface area is 177 Å². The number of hydrogen-bond donors (Lipinski definition) is 2. The lowest BCUT2D eigenvalue weighted by molar-refractivity contribution is -0.0801. The van der Waals surface area contributed by atoms with E-state index < -0.39 is 21.4 Å². The van der Waals surface area contributed by atoms with E-state index in [-0.39, 0.29) is 41.0 Å². The number of ether oxygens (including phenoxy) is 1. The van der Waals surface area contributed by atoms with Crippen molar-refractivity contribution in [2.24, 2.45) is 23.2 Å². The smallest absolute Gasteiger partial charge is 0.154 e. The number of hydrogen-bond acceptors (Lipinski definition) is 5. The van der Waals surface area contributed by atoms with Crippen molar-refractivity contribution in [2.45, 2.75) is 108 Å². The van der Waals surface area contributed by atoms with Crippen molar-refractivity contribution < 1.29 is 23.4 Å². The van der Waals surface area contributed by atoms with Gasteiger partial charge in [-0.2, -0.15) is 0 Å². The SMILES string of the molecule is CCCC[C@]1(CC)CS(=O)(=O)C2CCC(OC)CC2[C@@H](C2CCC(O)CC2)[C@H]1O. The molecular weight excluding hydrogens is 388 g/mol. The maximum Gasteiger partial charge on any atom is 0.154 e. The van der Waals surface area contributed by atoms with E-state index in [1.54, 1.807) is 7.11 Å². The van der Waals surface area contributed by atoms with Crippen LogP contribution in [0.5, 0.6) is 0 Å². The molecule has 0 spiro atoms. The highest BCUT2D eigenvalue weighted by Crippen LogP contribution is 2.53. The summed E-state index contributed by atoms with van der Waals surface area (Å²) in [7, 11) is -1.56. The molecule has 6 atom stereocenters. The summed E-state index contributed by atoms with van der Waals surface area (Å²) in [6.07, 6.45) is 8.14. The molecular formula is C23H42O5S. The number of rotatable bonds is 6. The van der Waals surface area contributed by atoms with E-state index in [0.717, 1.165) is 57.8 Å². The number of fused-ring (bicyclic) bond motifs is 1. The second-order valence-electron chi connectivity index (χ2n) is 10.1. The van der Waals surface area contributed by atoms with Gasteiger partial charge >= 0.3 is 0 Å². The summed E-state index contributed by atoms with van der Waals surface area (Å²) in [6.45, 7) is 4.19. The van der Waals surface area contributed by atoms with Crippen LogP contribution in [0.2, 0.25) is 0 Å². The molecule has 3 rings (SSSR count). The highest BCUT2D eigenvalue weighted by atomic mass is 32.2. The van der Waals surface area contributed by atoms with Gasteiger partial charge in [0.1, 0.15) is 0 Å². The van der Waals surface area contributed by atoms with Gasteiger partial charge in [0.25, 0.3) is 0 Å². The molecule has 0 bridgehead atoms. The first-order valence-electron chi connectivity index (χ1n) is 11.9. The zero-order valence-corrected chi connectivity index (χ0v) is 19.4. The minimum atomic E-state index is -3.28. The fourth-order valence-corrected chi connectivity index (χ4v) is 9.62. The Morgan fingerprint density at radius 2 is 1.72 bits per heavy atom. The van der Waals surface area contributed by atoms with Crippen molar-refractivity contribution in [1.29, 1.82) is 0 Å². The molecule has 0 radical (unpaired) electrons. The van der Waals surface area contributed by atoms with Gasteiger partial charge in [-0.15, -0.1) is 0 Å². The zero-order valence-electron chi connectivity index (χ0n) is 18.6. The molecule has 1 saturated heterocycles. The highest BCUT2D eigenvalue weighted by Gasteiger charge is 2.56. The van der Waals surface area contributed by atoms with Crippen LogP contribution in [0, 0.1) is 23.2 Å². The molecule has 2 N–H and O–H groups in total. The number of sulfone groups is 1. The van der Waals surface area contributed by atoms with Crippen molar-refractivity contribution in [3.63, 3.8) is 0 Å². The summed E-state index contributed by atoms with van der Waals surface area (Å²) in [5.74, 6) is 0.364. The van der Waals surface area contributed by atoms with Crippen LogP contribution in [0.25, 0.3) is 0 Å². The van der Waals surface area contributed by atoms with Gasteiger partial charge in [0.05, 0.1) is 29.3 Å². The predicted molar refractivity (Wildman–Crippen MR) is 115 cm³/mol. The zero-order chi connectivity index (χ0) is 21.2. The molecule has 0 aromatic heterocycles. The van der Waals surface area contributed by atoms with Crippen LogP contribution in [-0.2, 0) is 14.6 Å². The van der Waals surface area contributed by atoms with E-state index in [4.69, 9.17) is 4.74 Å². The van der Waals surface area contributed by atoms with Gasteiger partial charge in [0.15, 0.2) is 9.84 Å². The summed E-state index contributed by atoms with van der Waals surface area (Å²) < 4.78 is 32.9. The van der Waals surface area contributed by atoms with Crippen LogP contribution in [0.1, 0.15) is 84.5 Å². The molecule has 29 heavy (non-hydrogen) atoms. The first-order valence-corrected chi connectivity index (χ1v) is 13.6. The summed E-state index contributed by atoms with van der Waals surface area (Å²) in [5.41, 5.74) is -0.546. The van der Waals surface area contributed by atoms with Gasteiger partial charge in [-0.3, -0.25) is 0 Å². The average molecular weight is 431 g/mol. The van der Waals surface area contributed by atoms with E-state index in [1.807, 2.05) is 0 Å². The second-order valence-corrected chi connectivity index (χ2v) is 12.3. The van der Waals surface area contributed by atoms with Gasteiger partial charge < -0.3 is 14.9 Å². The number of aliphatic hydroxyl groups excluding tert-OH is 2.